The Morgan fingerprint density at radius 1 is 1.35 bits per heavy atom. The third kappa shape index (κ3) is 3.97. The van der Waals surface area contributed by atoms with Crippen molar-refractivity contribution in [2.75, 3.05) is 11.9 Å². The van der Waals surface area contributed by atoms with E-state index in [1.54, 1.807) is 6.92 Å². The van der Waals surface area contributed by atoms with Crippen molar-refractivity contribution in [1.82, 2.24) is 0 Å². The lowest BCUT2D eigenvalue weighted by molar-refractivity contribution is -0.137. The van der Waals surface area contributed by atoms with Crippen molar-refractivity contribution in [2.45, 2.75) is 20.0 Å². The van der Waals surface area contributed by atoms with Gasteiger partial charge in [-0.05, 0) is 37.6 Å². The van der Waals surface area contributed by atoms with Gasteiger partial charge in [-0.3, -0.25) is 5.32 Å². The molecule has 0 saturated heterocycles. The minimum Gasteiger partial charge on any atom is -0.450 e. The molecule has 1 amide bonds. The number of amides is 1. The van der Waals surface area contributed by atoms with Crippen LogP contribution in [-0.2, 0) is 10.9 Å². The van der Waals surface area contributed by atoms with Gasteiger partial charge in [0.2, 0.25) is 0 Å². The number of rotatable bonds is 2. The highest BCUT2D eigenvalue weighted by molar-refractivity contribution is 5.84. The largest absolute Gasteiger partial charge is 0.450 e. The minimum absolute atomic E-state index is 0.0655. The average molecular weight is 247 g/mol. The van der Waals surface area contributed by atoms with Crippen molar-refractivity contribution in [3.8, 4) is 0 Å². The topological polar surface area (TPSA) is 38.3 Å². The lowest BCUT2D eigenvalue weighted by atomic mass is 10.1. The monoisotopic (exact) mass is 247 g/mol. The van der Waals surface area contributed by atoms with Gasteiger partial charge >= 0.3 is 12.3 Å². The van der Waals surface area contributed by atoms with Crippen LogP contribution in [0.1, 0.15) is 18.1 Å². The molecule has 0 unspecified atom stereocenters. The average Bonchev–Trinajstić information content (AvgIpc) is 2.15. The predicted molar refractivity (Wildman–Crippen MR) is 56.8 cm³/mol. The summed E-state index contributed by atoms with van der Waals surface area (Å²) in [6, 6.07) is 3.31. The number of hydrogen-bond donors (Lipinski definition) is 1. The number of anilines is 1. The van der Waals surface area contributed by atoms with Gasteiger partial charge in [0, 0.05) is 5.69 Å². The number of alkyl halides is 3. The summed E-state index contributed by atoms with van der Waals surface area (Å²) in [6.07, 6.45) is -5.21. The summed E-state index contributed by atoms with van der Waals surface area (Å²) < 4.78 is 42.0. The quantitative estimate of drug-likeness (QED) is 0.867. The number of ether oxygens (including phenoxy) is 1. The van der Waals surface area contributed by atoms with Crippen molar-refractivity contribution in [3.05, 3.63) is 29.3 Å². The molecule has 0 aromatic heterocycles. The Balaban J connectivity index is 2.94. The summed E-state index contributed by atoms with van der Waals surface area (Å²) >= 11 is 0. The van der Waals surface area contributed by atoms with Crippen molar-refractivity contribution in [2.24, 2.45) is 0 Å². The molecule has 6 heteroatoms. The molecule has 1 N–H and O–H groups in total. The first-order chi connectivity index (χ1) is 7.82. The Labute approximate surface area is 96.6 Å². The second-order valence-electron chi connectivity index (χ2n) is 3.43. The zero-order chi connectivity index (χ0) is 13.1. The van der Waals surface area contributed by atoms with Gasteiger partial charge in [-0.15, -0.1) is 0 Å². The van der Waals surface area contributed by atoms with Gasteiger partial charge in [-0.1, -0.05) is 0 Å². The van der Waals surface area contributed by atoms with Gasteiger partial charge in [-0.2, -0.15) is 13.2 Å². The Bertz CT molecular complexity index is 416. The van der Waals surface area contributed by atoms with Crippen LogP contribution in [0, 0.1) is 6.92 Å². The SMILES string of the molecule is CCOC(=O)Nc1cc(C)cc(C(F)(F)F)c1. The first-order valence-corrected chi connectivity index (χ1v) is 4.95. The summed E-state index contributed by atoms with van der Waals surface area (Å²) in [5, 5.41) is 2.24. The van der Waals surface area contributed by atoms with E-state index in [2.05, 4.69) is 10.1 Å². The summed E-state index contributed by atoms with van der Waals surface area (Å²) in [5.41, 5.74) is -0.327. The Morgan fingerprint density at radius 2 is 2.00 bits per heavy atom. The van der Waals surface area contributed by atoms with Crippen molar-refractivity contribution in [1.29, 1.82) is 0 Å². The van der Waals surface area contributed by atoms with E-state index in [4.69, 9.17) is 0 Å². The summed E-state index contributed by atoms with van der Waals surface area (Å²) in [5.74, 6) is 0. The number of aryl methyl sites for hydroxylation is 1. The van der Waals surface area contributed by atoms with E-state index in [0.29, 0.717) is 5.56 Å². The molecule has 0 heterocycles. The smallest absolute Gasteiger partial charge is 0.416 e. The highest BCUT2D eigenvalue weighted by Gasteiger charge is 2.31. The number of nitrogens with one attached hydrogen (secondary N) is 1. The van der Waals surface area contributed by atoms with Crippen LogP contribution in [0.25, 0.3) is 0 Å². The van der Waals surface area contributed by atoms with Crippen LogP contribution in [0.15, 0.2) is 18.2 Å². The second kappa shape index (κ2) is 5.07. The third-order valence-corrected chi connectivity index (χ3v) is 1.93. The summed E-state index contributed by atoms with van der Waals surface area (Å²) in [4.78, 5) is 11.1. The van der Waals surface area contributed by atoms with Crippen LogP contribution in [0.5, 0.6) is 0 Å². The standard InChI is InChI=1S/C11H12F3NO2/c1-3-17-10(16)15-9-5-7(2)4-8(6-9)11(12,13)14/h4-6H,3H2,1-2H3,(H,15,16). The van der Waals surface area contributed by atoms with E-state index >= 15 is 0 Å². The first kappa shape index (κ1) is 13.3. The molecule has 17 heavy (non-hydrogen) atoms. The summed E-state index contributed by atoms with van der Waals surface area (Å²) in [6.45, 7) is 3.28. The molecule has 0 aliphatic carbocycles. The van der Waals surface area contributed by atoms with Crippen molar-refractivity contribution < 1.29 is 22.7 Å². The fourth-order valence-corrected chi connectivity index (χ4v) is 1.30. The molecule has 0 saturated carbocycles. The summed E-state index contributed by atoms with van der Waals surface area (Å²) in [7, 11) is 0. The molecular weight excluding hydrogens is 235 g/mol. The lowest BCUT2D eigenvalue weighted by Crippen LogP contribution is -2.14. The van der Waals surface area contributed by atoms with Crippen LogP contribution >= 0.6 is 0 Å². The van der Waals surface area contributed by atoms with Crippen LogP contribution in [0.2, 0.25) is 0 Å². The van der Waals surface area contributed by atoms with Crippen molar-refractivity contribution in [3.63, 3.8) is 0 Å². The molecule has 3 nitrogen and oxygen atoms in total. The first-order valence-electron chi connectivity index (χ1n) is 4.95. The zero-order valence-corrected chi connectivity index (χ0v) is 9.39. The van der Waals surface area contributed by atoms with Crippen LogP contribution < -0.4 is 5.32 Å². The fraction of sp³-hybridized carbons (Fsp3) is 0.364. The Kier molecular flexibility index (Phi) is 3.98. The molecule has 1 rings (SSSR count). The second-order valence-corrected chi connectivity index (χ2v) is 3.43. The molecule has 0 bridgehead atoms. The van der Waals surface area contributed by atoms with Gasteiger partial charge in [-0.25, -0.2) is 4.79 Å². The van der Waals surface area contributed by atoms with Gasteiger partial charge < -0.3 is 4.74 Å². The Hall–Kier alpha value is -1.72. The molecule has 0 radical (unpaired) electrons. The molecule has 0 aliphatic heterocycles. The molecule has 0 atom stereocenters. The van der Waals surface area contributed by atoms with E-state index in [0.717, 1.165) is 12.1 Å². The lowest BCUT2D eigenvalue weighted by Gasteiger charge is -2.11. The van der Waals surface area contributed by atoms with Crippen LogP contribution in [-0.4, -0.2) is 12.7 Å². The van der Waals surface area contributed by atoms with E-state index in [9.17, 15) is 18.0 Å². The molecular formula is C11H12F3NO2. The maximum Gasteiger partial charge on any atom is 0.416 e. The fourth-order valence-electron chi connectivity index (χ4n) is 1.30. The molecule has 0 aliphatic rings. The predicted octanol–water partition coefficient (Wildman–Crippen LogP) is 3.58. The Morgan fingerprint density at radius 3 is 2.53 bits per heavy atom. The third-order valence-electron chi connectivity index (χ3n) is 1.93. The number of halogens is 3. The van der Waals surface area contributed by atoms with E-state index in [1.807, 2.05) is 0 Å². The zero-order valence-electron chi connectivity index (χ0n) is 9.39. The molecule has 1 aromatic carbocycles. The number of carbonyl (C=O) groups excluding carboxylic acids is 1. The van der Waals surface area contributed by atoms with Gasteiger partial charge in [0.1, 0.15) is 0 Å². The highest BCUT2D eigenvalue weighted by atomic mass is 19.4. The molecule has 94 valence electrons. The maximum absolute atomic E-state index is 12.5. The van der Waals surface area contributed by atoms with E-state index in [1.165, 1.54) is 13.0 Å². The van der Waals surface area contributed by atoms with Crippen molar-refractivity contribution >= 4 is 11.8 Å². The van der Waals surface area contributed by atoms with Crippen LogP contribution in [0.4, 0.5) is 23.7 Å². The van der Waals surface area contributed by atoms with Gasteiger partial charge in [0.05, 0.1) is 12.2 Å². The highest BCUT2D eigenvalue weighted by Crippen LogP contribution is 2.31. The molecule has 0 spiro atoms. The van der Waals surface area contributed by atoms with Crippen LogP contribution in [0.3, 0.4) is 0 Å². The normalized spacial score (nSPS) is 11.1. The molecule has 0 fully saturated rings. The number of carbonyl (C=O) groups is 1. The molecule has 1 aromatic rings. The van der Waals surface area contributed by atoms with E-state index in [-0.39, 0.29) is 12.3 Å². The number of benzene rings is 1. The van der Waals surface area contributed by atoms with Gasteiger partial charge in [0.15, 0.2) is 0 Å². The number of hydrogen-bond acceptors (Lipinski definition) is 2. The van der Waals surface area contributed by atoms with E-state index < -0.39 is 17.8 Å². The maximum atomic E-state index is 12.5. The van der Waals surface area contributed by atoms with Gasteiger partial charge in [0.25, 0.3) is 0 Å². The minimum atomic E-state index is -4.43.